The summed E-state index contributed by atoms with van der Waals surface area (Å²) >= 11 is 12.0. The molecule has 0 aromatic heterocycles. The summed E-state index contributed by atoms with van der Waals surface area (Å²) < 4.78 is 0. The fourth-order valence-electron chi connectivity index (χ4n) is 2.21. The minimum Gasteiger partial charge on any atom is -0.370 e. The Bertz CT molecular complexity index is 457. The highest BCUT2D eigenvalue weighted by molar-refractivity contribution is 6.34. The third kappa shape index (κ3) is 3.77. The van der Waals surface area contributed by atoms with E-state index >= 15 is 0 Å². The second-order valence-electron chi connectivity index (χ2n) is 4.82. The van der Waals surface area contributed by atoms with E-state index in [0.29, 0.717) is 0 Å². The lowest BCUT2D eigenvalue weighted by molar-refractivity contribution is -0.115. The van der Waals surface area contributed by atoms with Crippen LogP contribution in [0.3, 0.4) is 0 Å². The van der Waals surface area contributed by atoms with Gasteiger partial charge in [0.2, 0.25) is 5.91 Å². The van der Waals surface area contributed by atoms with Crippen LogP contribution in [0.2, 0.25) is 5.02 Å². The number of carbonyl (C=O) groups excluding carboxylic acids is 1. The van der Waals surface area contributed by atoms with Crippen LogP contribution in [0.15, 0.2) is 18.2 Å². The van der Waals surface area contributed by atoms with Gasteiger partial charge in [0, 0.05) is 18.8 Å². The highest BCUT2D eigenvalue weighted by Crippen LogP contribution is 2.31. The maximum absolute atomic E-state index is 11.6. The van der Waals surface area contributed by atoms with Crippen LogP contribution in [-0.2, 0) is 4.79 Å². The lowest BCUT2D eigenvalue weighted by Gasteiger charge is -2.30. The maximum atomic E-state index is 11.6. The number of anilines is 2. The first-order valence-electron chi connectivity index (χ1n) is 6.57. The van der Waals surface area contributed by atoms with Gasteiger partial charge < -0.3 is 10.2 Å². The maximum Gasteiger partial charge on any atom is 0.242 e. The van der Waals surface area contributed by atoms with Gasteiger partial charge in [-0.15, -0.1) is 11.6 Å². The summed E-state index contributed by atoms with van der Waals surface area (Å²) in [6, 6.07) is 5.54. The van der Waals surface area contributed by atoms with Gasteiger partial charge in [0.1, 0.15) is 5.38 Å². The summed E-state index contributed by atoms with van der Waals surface area (Å²) in [6.07, 6.45) is 3.64. The van der Waals surface area contributed by atoms with Gasteiger partial charge in [-0.2, -0.15) is 0 Å². The van der Waals surface area contributed by atoms with E-state index in [0.717, 1.165) is 29.5 Å². The Labute approximate surface area is 123 Å². The van der Waals surface area contributed by atoms with Crippen LogP contribution in [0.1, 0.15) is 26.2 Å². The first-order valence-corrected chi connectivity index (χ1v) is 7.39. The monoisotopic (exact) mass is 300 g/mol. The average Bonchev–Trinajstić information content (AvgIpc) is 2.41. The standard InChI is InChI=1S/C14H18Cl2N2O/c1-10(15)14(19)17-11-5-6-12(16)13(9-11)18-7-3-2-4-8-18/h5-6,9-10H,2-4,7-8H2,1H3,(H,17,19)/t10-/m1/s1. The van der Waals surface area contributed by atoms with Crippen LogP contribution in [0.4, 0.5) is 11.4 Å². The van der Waals surface area contributed by atoms with Crippen molar-refractivity contribution in [3.8, 4) is 0 Å². The summed E-state index contributed by atoms with van der Waals surface area (Å²) in [7, 11) is 0. The predicted molar refractivity (Wildman–Crippen MR) is 81.5 cm³/mol. The van der Waals surface area contributed by atoms with Gasteiger partial charge in [0.05, 0.1) is 10.7 Å². The molecule has 104 valence electrons. The van der Waals surface area contributed by atoms with Crippen LogP contribution < -0.4 is 10.2 Å². The van der Waals surface area contributed by atoms with Crippen molar-refractivity contribution in [2.45, 2.75) is 31.6 Å². The Morgan fingerprint density at radius 1 is 1.32 bits per heavy atom. The number of hydrogen-bond donors (Lipinski definition) is 1. The first kappa shape index (κ1) is 14.5. The Kier molecular flexibility index (Phi) is 4.94. The van der Waals surface area contributed by atoms with Gasteiger partial charge in [-0.3, -0.25) is 4.79 Å². The zero-order chi connectivity index (χ0) is 13.8. The second kappa shape index (κ2) is 6.49. The molecule has 0 radical (unpaired) electrons. The molecule has 1 aliphatic heterocycles. The van der Waals surface area contributed by atoms with Crippen molar-refractivity contribution in [1.82, 2.24) is 0 Å². The Morgan fingerprint density at radius 2 is 2.00 bits per heavy atom. The SMILES string of the molecule is C[C@@H](Cl)C(=O)Nc1ccc(Cl)c(N2CCCCC2)c1. The number of carbonyl (C=O) groups is 1. The van der Waals surface area contributed by atoms with Gasteiger partial charge in [-0.05, 0) is 44.4 Å². The van der Waals surface area contributed by atoms with Crippen molar-refractivity contribution in [1.29, 1.82) is 0 Å². The van der Waals surface area contributed by atoms with E-state index in [1.54, 1.807) is 13.0 Å². The van der Waals surface area contributed by atoms with Gasteiger partial charge in [0.25, 0.3) is 0 Å². The van der Waals surface area contributed by atoms with E-state index in [9.17, 15) is 4.79 Å². The summed E-state index contributed by atoms with van der Waals surface area (Å²) in [4.78, 5) is 13.9. The first-order chi connectivity index (χ1) is 9.08. The lowest BCUT2D eigenvalue weighted by atomic mass is 10.1. The quantitative estimate of drug-likeness (QED) is 0.859. The number of amides is 1. The number of benzene rings is 1. The molecule has 0 aliphatic carbocycles. The zero-order valence-corrected chi connectivity index (χ0v) is 12.5. The Hall–Kier alpha value is -0.930. The molecule has 1 aromatic rings. The Balaban J connectivity index is 2.16. The smallest absolute Gasteiger partial charge is 0.242 e. The molecule has 1 aromatic carbocycles. The fraction of sp³-hybridized carbons (Fsp3) is 0.500. The molecule has 0 spiro atoms. The number of halogens is 2. The van der Waals surface area contributed by atoms with Crippen molar-refractivity contribution < 1.29 is 4.79 Å². The predicted octanol–water partition coefficient (Wildman–Crippen LogP) is 3.90. The molecule has 1 heterocycles. The topological polar surface area (TPSA) is 32.3 Å². The molecule has 1 amide bonds. The number of hydrogen-bond acceptors (Lipinski definition) is 2. The second-order valence-corrected chi connectivity index (χ2v) is 5.88. The van der Waals surface area contributed by atoms with E-state index < -0.39 is 5.38 Å². The molecule has 0 bridgehead atoms. The molecule has 0 unspecified atom stereocenters. The molecular weight excluding hydrogens is 283 g/mol. The minimum atomic E-state index is -0.547. The van der Waals surface area contributed by atoms with E-state index in [4.69, 9.17) is 23.2 Å². The number of piperidine rings is 1. The molecule has 1 saturated heterocycles. The van der Waals surface area contributed by atoms with E-state index in [2.05, 4.69) is 10.2 Å². The zero-order valence-electron chi connectivity index (χ0n) is 11.0. The normalized spacial score (nSPS) is 17.1. The number of alkyl halides is 1. The number of rotatable bonds is 3. The summed E-state index contributed by atoms with van der Waals surface area (Å²) in [5.41, 5.74) is 1.73. The molecule has 3 nitrogen and oxygen atoms in total. The largest absolute Gasteiger partial charge is 0.370 e. The van der Waals surface area contributed by atoms with Crippen LogP contribution >= 0.6 is 23.2 Å². The summed E-state index contributed by atoms with van der Waals surface area (Å²) in [5.74, 6) is -0.200. The molecular formula is C14H18Cl2N2O. The Morgan fingerprint density at radius 3 is 2.63 bits per heavy atom. The van der Waals surface area contributed by atoms with Crippen LogP contribution in [0.5, 0.6) is 0 Å². The third-order valence-corrected chi connectivity index (χ3v) is 3.79. The molecule has 1 atom stereocenters. The van der Waals surface area contributed by atoms with Crippen molar-refractivity contribution in [2.24, 2.45) is 0 Å². The molecule has 1 fully saturated rings. The molecule has 5 heteroatoms. The number of nitrogens with one attached hydrogen (secondary N) is 1. The van der Waals surface area contributed by atoms with Gasteiger partial charge in [-0.25, -0.2) is 0 Å². The van der Waals surface area contributed by atoms with Crippen LogP contribution in [0, 0.1) is 0 Å². The van der Waals surface area contributed by atoms with Gasteiger partial charge in [-0.1, -0.05) is 11.6 Å². The summed E-state index contributed by atoms with van der Waals surface area (Å²) in [5, 5.41) is 2.97. The van der Waals surface area contributed by atoms with Crippen LogP contribution in [0.25, 0.3) is 0 Å². The molecule has 1 N–H and O–H groups in total. The van der Waals surface area contributed by atoms with Crippen molar-refractivity contribution >= 4 is 40.5 Å². The summed E-state index contributed by atoms with van der Waals surface area (Å²) in [6.45, 7) is 3.68. The lowest BCUT2D eigenvalue weighted by Crippen LogP contribution is -2.29. The fourth-order valence-corrected chi connectivity index (χ4v) is 2.50. The minimum absolute atomic E-state index is 0.200. The highest BCUT2D eigenvalue weighted by atomic mass is 35.5. The van der Waals surface area contributed by atoms with E-state index in [1.165, 1.54) is 19.3 Å². The van der Waals surface area contributed by atoms with Crippen molar-refractivity contribution in [3.05, 3.63) is 23.2 Å². The number of nitrogens with zero attached hydrogens (tertiary/aromatic N) is 1. The average molecular weight is 301 g/mol. The van der Waals surface area contributed by atoms with Gasteiger partial charge >= 0.3 is 0 Å². The molecule has 19 heavy (non-hydrogen) atoms. The molecule has 2 rings (SSSR count). The third-order valence-electron chi connectivity index (χ3n) is 3.27. The van der Waals surface area contributed by atoms with Crippen molar-refractivity contribution in [3.63, 3.8) is 0 Å². The highest BCUT2D eigenvalue weighted by Gasteiger charge is 2.15. The van der Waals surface area contributed by atoms with Gasteiger partial charge in [0.15, 0.2) is 0 Å². The van der Waals surface area contributed by atoms with Crippen molar-refractivity contribution in [2.75, 3.05) is 23.3 Å². The van der Waals surface area contributed by atoms with Crippen LogP contribution in [-0.4, -0.2) is 24.4 Å². The molecule has 0 saturated carbocycles. The van der Waals surface area contributed by atoms with E-state index in [-0.39, 0.29) is 5.91 Å². The molecule has 1 aliphatic rings. The van der Waals surface area contributed by atoms with E-state index in [1.807, 2.05) is 12.1 Å².